The largest absolute Gasteiger partial charge is 0.405 e. The summed E-state index contributed by atoms with van der Waals surface area (Å²) in [4.78, 5) is 0. The summed E-state index contributed by atoms with van der Waals surface area (Å²) in [6.07, 6.45) is -2.95. The first-order chi connectivity index (χ1) is 4.50. The Bertz CT molecular complexity index is 123. The maximum Gasteiger partial charge on any atom is 0.405 e. The highest BCUT2D eigenvalue weighted by molar-refractivity contribution is 4.94. The Hall–Kier alpha value is -0.290. The molecule has 0 spiro atoms. The number of nitrogens with zero attached hydrogens (tertiary/aromatic N) is 1. The minimum atomic E-state index is -4.15. The van der Waals surface area contributed by atoms with Gasteiger partial charge in [0.15, 0.2) is 0 Å². The van der Waals surface area contributed by atoms with Crippen molar-refractivity contribution < 1.29 is 13.2 Å². The lowest BCUT2D eigenvalue weighted by Gasteiger charge is -2.15. The molecule has 0 aromatic carbocycles. The van der Waals surface area contributed by atoms with Crippen LogP contribution in [0.25, 0.3) is 0 Å². The van der Waals surface area contributed by atoms with Crippen molar-refractivity contribution >= 4 is 0 Å². The third-order valence-corrected chi connectivity index (χ3v) is 1.33. The van der Waals surface area contributed by atoms with Crippen LogP contribution in [-0.4, -0.2) is 30.8 Å². The van der Waals surface area contributed by atoms with Gasteiger partial charge in [0.1, 0.15) is 6.04 Å². The summed E-state index contributed by atoms with van der Waals surface area (Å²) < 4.78 is 35.4. The first kappa shape index (κ1) is 7.81. The molecular formula is C5H8F3N2. The van der Waals surface area contributed by atoms with E-state index in [0.29, 0.717) is 6.54 Å². The van der Waals surface area contributed by atoms with Gasteiger partial charge < -0.3 is 0 Å². The van der Waals surface area contributed by atoms with Crippen LogP contribution in [-0.2, 0) is 0 Å². The monoisotopic (exact) mass is 153 g/mol. The Labute approximate surface area is 57.0 Å². The van der Waals surface area contributed by atoms with Crippen LogP contribution in [0.15, 0.2) is 0 Å². The van der Waals surface area contributed by atoms with E-state index in [2.05, 4.69) is 5.43 Å². The fourth-order valence-electron chi connectivity index (χ4n) is 0.813. The van der Waals surface area contributed by atoms with E-state index in [0.717, 1.165) is 0 Å². The molecule has 0 aromatic heterocycles. The summed E-state index contributed by atoms with van der Waals surface area (Å²) >= 11 is 0. The molecule has 1 N–H and O–H groups in total. The van der Waals surface area contributed by atoms with Gasteiger partial charge >= 0.3 is 6.18 Å². The molecule has 1 aliphatic rings. The van der Waals surface area contributed by atoms with E-state index in [4.69, 9.17) is 0 Å². The van der Waals surface area contributed by atoms with Crippen LogP contribution >= 0.6 is 0 Å². The Kier molecular flexibility index (Phi) is 1.87. The van der Waals surface area contributed by atoms with Crippen molar-refractivity contribution in [3.63, 3.8) is 0 Å². The van der Waals surface area contributed by atoms with E-state index < -0.39 is 12.2 Å². The molecular weight excluding hydrogens is 145 g/mol. The standard InChI is InChI=1S/C5H8F3N2/c1-10-3-2-4(9-10)5(6,7)8/h2,4,9H,3H2,1H3. The predicted octanol–water partition coefficient (Wildman–Crippen LogP) is 0.572. The number of hydrogen-bond donors (Lipinski definition) is 1. The predicted molar refractivity (Wildman–Crippen MR) is 29.9 cm³/mol. The lowest BCUT2D eigenvalue weighted by atomic mass is 10.2. The van der Waals surface area contributed by atoms with Gasteiger partial charge in [-0.15, -0.1) is 0 Å². The molecule has 5 heteroatoms. The highest BCUT2D eigenvalue weighted by atomic mass is 19.4. The van der Waals surface area contributed by atoms with Crippen molar-refractivity contribution in [3.8, 4) is 0 Å². The minimum Gasteiger partial charge on any atom is -0.247 e. The summed E-state index contributed by atoms with van der Waals surface area (Å²) in [6, 6.07) is -1.46. The first-order valence-electron chi connectivity index (χ1n) is 2.87. The SMILES string of the molecule is CN1C[CH]C(C(F)(F)F)N1. The molecule has 1 radical (unpaired) electrons. The van der Waals surface area contributed by atoms with Crippen LogP contribution in [0.1, 0.15) is 0 Å². The molecule has 2 nitrogen and oxygen atoms in total. The van der Waals surface area contributed by atoms with Crippen LogP contribution in [0, 0.1) is 6.42 Å². The number of hydrazine groups is 1. The second kappa shape index (κ2) is 2.39. The number of nitrogens with one attached hydrogen (secondary N) is 1. The highest BCUT2D eigenvalue weighted by Crippen LogP contribution is 2.24. The Balaban J connectivity index is 2.45. The van der Waals surface area contributed by atoms with Gasteiger partial charge in [-0.05, 0) is 0 Å². The van der Waals surface area contributed by atoms with Crippen LogP contribution < -0.4 is 5.43 Å². The van der Waals surface area contributed by atoms with Crippen LogP contribution in [0.2, 0.25) is 0 Å². The average molecular weight is 153 g/mol. The van der Waals surface area contributed by atoms with Crippen molar-refractivity contribution in [2.75, 3.05) is 13.6 Å². The molecule has 1 saturated heterocycles. The number of hydrogen-bond acceptors (Lipinski definition) is 2. The number of halogens is 3. The van der Waals surface area contributed by atoms with Crippen LogP contribution in [0.4, 0.5) is 13.2 Å². The smallest absolute Gasteiger partial charge is 0.247 e. The molecule has 0 amide bonds. The van der Waals surface area contributed by atoms with Gasteiger partial charge in [-0.1, -0.05) is 0 Å². The van der Waals surface area contributed by atoms with Gasteiger partial charge in [-0.2, -0.15) is 13.2 Å². The summed E-state index contributed by atoms with van der Waals surface area (Å²) in [7, 11) is 1.57. The lowest BCUT2D eigenvalue weighted by molar-refractivity contribution is -0.149. The van der Waals surface area contributed by atoms with Crippen molar-refractivity contribution in [1.29, 1.82) is 0 Å². The van der Waals surface area contributed by atoms with Gasteiger partial charge in [0.05, 0.1) is 0 Å². The van der Waals surface area contributed by atoms with Gasteiger partial charge in [0.25, 0.3) is 0 Å². The Morgan fingerprint density at radius 1 is 1.60 bits per heavy atom. The molecule has 0 saturated carbocycles. The van der Waals surface area contributed by atoms with Crippen molar-refractivity contribution in [2.24, 2.45) is 0 Å². The van der Waals surface area contributed by atoms with Crippen molar-refractivity contribution in [2.45, 2.75) is 12.2 Å². The molecule has 1 heterocycles. The fraction of sp³-hybridized carbons (Fsp3) is 0.800. The normalized spacial score (nSPS) is 29.4. The molecule has 1 rings (SSSR count). The first-order valence-corrected chi connectivity index (χ1v) is 2.87. The molecule has 10 heavy (non-hydrogen) atoms. The third kappa shape index (κ3) is 1.60. The quantitative estimate of drug-likeness (QED) is 0.547. The second-order valence-electron chi connectivity index (χ2n) is 2.26. The van der Waals surface area contributed by atoms with Crippen molar-refractivity contribution in [3.05, 3.63) is 6.42 Å². The molecule has 1 atom stereocenters. The van der Waals surface area contributed by atoms with E-state index in [1.807, 2.05) is 0 Å². The highest BCUT2D eigenvalue weighted by Gasteiger charge is 2.42. The molecule has 1 aliphatic heterocycles. The van der Waals surface area contributed by atoms with E-state index in [1.54, 1.807) is 7.05 Å². The van der Waals surface area contributed by atoms with Gasteiger partial charge in [-0.25, -0.2) is 10.4 Å². The van der Waals surface area contributed by atoms with E-state index in [9.17, 15) is 13.2 Å². The van der Waals surface area contributed by atoms with Crippen molar-refractivity contribution in [1.82, 2.24) is 10.4 Å². The second-order valence-corrected chi connectivity index (χ2v) is 2.26. The molecule has 0 aromatic rings. The number of rotatable bonds is 0. The molecule has 0 aliphatic carbocycles. The number of alkyl halides is 3. The molecule has 59 valence electrons. The zero-order chi connectivity index (χ0) is 7.78. The zero-order valence-electron chi connectivity index (χ0n) is 5.44. The zero-order valence-corrected chi connectivity index (χ0v) is 5.44. The van der Waals surface area contributed by atoms with Gasteiger partial charge in [0, 0.05) is 20.0 Å². The molecule has 0 bridgehead atoms. The average Bonchev–Trinajstić information content (AvgIpc) is 2.11. The van der Waals surface area contributed by atoms with E-state index in [1.165, 1.54) is 11.4 Å². The maximum absolute atomic E-state index is 11.8. The topological polar surface area (TPSA) is 15.3 Å². The third-order valence-electron chi connectivity index (χ3n) is 1.33. The van der Waals surface area contributed by atoms with E-state index >= 15 is 0 Å². The van der Waals surface area contributed by atoms with E-state index in [-0.39, 0.29) is 0 Å². The maximum atomic E-state index is 11.8. The van der Waals surface area contributed by atoms with Gasteiger partial charge in [0.2, 0.25) is 0 Å². The summed E-state index contributed by atoms with van der Waals surface area (Å²) in [6.45, 7) is 0.337. The summed E-state index contributed by atoms with van der Waals surface area (Å²) in [5.74, 6) is 0. The lowest BCUT2D eigenvalue weighted by Crippen LogP contribution is -2.41. The van der Waals surface area contributed by atoms with Crippen LogP contribution in [0.3, 0.4) is 0 Å². The van der Waals surface area contributed by atoms with Crippen LogP contribution in [0.5, 0.6) is 0 Å². The van der Waals surface area contributed by atoms with Gasteiger partial charge in [-0.3, -0.25) is 0 Å². The molecule has 1 unspecified atom stereocenters. The summed E-state index contributed by atoms with van der Waals surface area (Å²) in [5, 5.41) is 1.40. The Morgan fingerprint density at radius 2 is 2.20 bits per heavy atom. The Morgan fingerprint density at radius 3 is 2.40 bits per heavy atom. The fourth-order valence-corrected chi connectivity index (χ4v) is 0.813. The minimum absolute atomic E-state index is 0.337. The summed E-state index contributed by atoms with van der Waals surface area (Å²) in [5.41, 5.74) is 2.25. The molecule has 1 fully saturated rings.